The number of aliphatic hydroxyl groups is 1. The lowest BCUT2D eigenvalue weighted by Crippen LogP contribution is -2.43. The second kappa shape index (κ2) is 12.0. The number of ether oxygens (including phenoxy) is 2. The van der Waals surface area contributed by atoms with E-state index in [0.717, 1.165) is 63.5 Å². The molecule has 0 bridgehead atoms. The average Bonchev–Trinajstić information content (AvgIpc) is 2.79. The fraction of sp³-hybridized carbons (Fsp3) is 0.724. The summed E-state index contributed by atoms with van der Waals surface area (Å²) in [6, 6.07) is 7.41. The van der Waals surface area contributed by atoms with E-state index in [4.69, 9.17) is 9.47 Å². The van der Waals surface area contributed by atoms with Crippen LogP contribution in [0.15, 0.2) is 24.3 Å². The van der Waals surface area contributed by atoms with Gasteiger partial charge in [0.1, 0.15) is 11.4 Å². The minimum Gasteiger partial charge on any atom is -0.444 e. The molecule has 1 aromatic rings. The van der Waals surface area contributed by atoms with Crippen LogP contribution in [0.2, 0.25) is 0 Å². The summed E-state index contributed by atoms with van der Waals surface area (Å²) >= 11 is 0. The maximum absolute atomic E-state index is 13.1. The van der Waals surface area contributed by atoms with Crippen LogP contribution in [0.4, 0.5) is 4.79 Å². The van der Waals surface area contributed by atoms with E-state index in [0.29, 0.717) is 18.7 Å². The lowest BCUT2D eigenvalue weighted by molar-refractivity contribution is -0.137. The maximum Gasteiger partial charge on any atom is 0.407 e. The zero-order valence-corrected chi connectivity index (χ0v) is 22.9. The van der Waals surface area contributed by atoms with Gasteiger partial charge in [0.25, 0.3) is 0 Å². The molecule has 3 rings (SSSR count). The van der Waals surface area contributed by atoms with Crippen LogP contribution < -0.4 is 10.1 Å². The number of esters is 1. The number of carbonyl (C=O) groups is 2. The van der Waals surface area contributed by atoms with Gasteiger partial charge in [-0.3, -0.25) is 4.79 Å². The van der Waals surface area contributed by atoms with Gasteiger partial charge in [-0.1, -0.05) is 44.2 Å². The zero-order valence-electron chi connectivity index (χ0n) is 22.9. The highest BCUT2D eigenvalue weighted by Crippen LogP contribution is 2.43. The molecule has 36 heavy (non-hydrogen) atoms. The molecular formula is C29H46N2O5. The number of benzene rings is 1. The van der Waals surface area contributed by atoms with Crippen LogP contribution >= 0.6 is 0 Å². The lowest BCUT2D eigenvalue weighted by Gasteiger charge is -2.41. The summed E-state index contributed by atoms with van der Waals surface area (Å²) in [5.41, 5.74) is -1.00. The van der Waals surface area contributed by atoms with Crippen molar-refractivity contribution in [3.05, 3.63) is 29.8 Å². The minimum atomic E-state index is -0.924. The van der Waals surface area contributed by atoms with Crippen molar-refractivity contribution in [2.24, 2.45) is 11.3 Å². The van der Waals surface area contributed by atoms with E-state index in [1.807, 2.05) is 53.1 Å². The third-order valence-electron chi connectivity index (χ3n) is 7.63. The number of amides is 1. The summed E-state index contributed by atoms with van der Waals surface area (Å²) in [5.74, 6) is 0.295. The lowest BCUT2D eigenvalue weighted by atomic mass is 9.71. The van der Waals surface area contributed by atoms with Gasteiger partial charge in [0.05, 0.1) is 12.0 Å². The Bertz CT molecular complexity index is 888. The van der Waals surface area contributed by atoms with E-state index in [9.17, 15) is 14.7 Å². The van der Waals surface area contributed by atoms with Crippen LogP contribution in [0.3, 0.4) is 0 Å². The van der Waals surface area contributed by atoms with Gasteiger partial charge in [-0.25, -0.2) is 4.79 Å². The van der Waals surface area contributed by atoms with Crippen molar-refractivity contribution in [2.75, 3.05) is 27.2 Å². The predicted molar refractivity (Wildman–Crippen MR) is 141 cm³/mol. The molecule has 1 aromatic carbocycles. The molecule has 2 aliphatic carbocycles. The summed E-state index contributed by atoms with van der Waals surface area (Å²) in [4.78, 5) is 27.5. The van der Waals surface area contributed by atoms with E-state index >= 15 is 0 Å². The summed E-state index contributed by atoms with van der Waals surface area (Å²) in [6.45, 7) is 6.71. The first-order chi connectivity index (χ1) is 16.9. The Morgan fingerprint density at radius 2 is 1.78 bits per heavy atom. The summed E-state index contributed by atoms with van der Waals surface area (Å²) in [6.07, 6.45) is 8.49. The van der Waals surface area contributed by atoms with Crippen molar-refractivity contribution in [1.82, 2.24) is 10.2 Å². The molecule has 0 aliphatic heterocycles. The van der Waals surface area contributed by atoms with Gasteiger partial charge in [0, 0.05) is 19.0 Å². The molecule has 2 saturated carbocycles. The molecule has 1 amide bonds. The van der Waals surface area contributed by atoms with Crippen LogP contribution in [-0.4, -0.2) is 54.9 Å². The molecule has 0 saturated heterocycles. The molecule has 0 radical (unpaired) electrons. The highest BCUT2D eigenvalue weighted by Gasteiger charge is 2.41. The van der Waals surface area contributed by atoms with Gasteiger partial charge < -0.3 is 24.8 Å². The van der Waals surface area contributed by atoms with Crippen LogP contribution in [0, 0.1) is 11.3 Å². The third-order valence-corrected chi connectivity index (χ3v) is 7.63. The van der Waals surface area contributed by atoms with Gasteiger partial charge in [-0.05, 0) is 83.7 Å². The quantitative estimate of drug-likeness (QED) is 0.366. The van der Waals surface area contributed by atoms with Crippen LogP contribution in [0.25, 0.3) is 0 Å². The number of carbonyl (C=O) groups excluding carboxylic acids is 2. The molecule has 2 N–H and O–H groups in total. The standard InChI is InChI=1S/C29H46N2O5/c1-27(2,3)36-26(33)30-21-28(15-8-6-9-16-28)19-25(32)35-24-14-11-13-22(18-24)29(34)17-10-7-12-23(29)20-31(4)5/h11,13-14,18,23,34H,6-10,12,15-17,19-21H2,1-5H3,(H,30,33)/t23-,29-/m1/s1. The Balaban J connectivity index is 1.68. The van der Waals surface area contributed by atoms with Crippen LogP contribution in [-0.2, 0) is 15.1 Å². The molecule has 0 heterocycles. The summed E-state index contributed by atoms with van der Waals surface area (Å²) in [5, 5.41) is 14.6. The third kappa shape index (κ3) is 7.94. The van der Waals surface area contributed by atoms with Crippen LogP contribution in [0.1, 0.15) is 90.5 Å². The molecule has 0 unspecified atom stereocenters. The summed E-state index contributed by atoms with van der Waals surface area (Å²) in [7, 11) is 4.07. The molecule has 2 fully saturated rings. The average molecular weight is 503 g/mol. The molecule has 7 nitrogen and oxygen atoms in total. The van der Waals surface area contributed by atoms with Crippen molar-refractivity contribution in [3.8, 4) is 5.75 Å². The number of hydrogen-bond donors (Lipinski definition) is 2. The zero-order chi connectivity index (χ0) is 26.4. The second-order valence-corrected chi connectivity index (χ2v) is 12.2. The molecule has 2 aliphatic rings. The first-order valence-corrected chi connectivity index (χ1v) is 13.6. The van der Waals surface area contributed by atoms with E-state index in [1.54, 1.807) is 6.07 Å². The van der Waals surface area contributed by atoms with E-state index < -0.39 is 17.3 Å². The van der Waals surface area contributed by atoms with Gasteiger partial charge >= 0.3 is 12.1 Å². The van der Waals surface area contributed by atoms with Crippen molar-refractivity contribution in [3.63, 3.8) is 0 Å². The molecular weight excluding hydrogens is 456 g/mol. The Labute approximate surface area is 216 Å². The number of nitrogens with one attached hydrogen (secondary N) is 1. The predicted octanol–water partition coefficient (Wildman–Crippen LogP) is 5.40. The Morgan fingerprint density at radius 1 is 1.08 bits per heavy atom. The fourth-order valence-corrected chi connectivity index (χ4v) is 5.89. The SMILES string of the molecule is CN(C)C[C@H]1CCCC[C@@]1(O)c1cccc(OC(=O)CC2(CNC(=O)OC(C)(C)C)CCCCC2)c1. The molecule has 2 atom stereocenters. The monoisotopic (exact) mass is 502 g/mol. The number of nitrogens with zero attached hydrogens (tertiary/aromatic N) is 1. The number of rotatable bonds is 8. The first kappa shape index (κ1) is 28.5. The fourth-order valence-electron chi connectivity index (χ4n) is 5.89. The van der Waals surface area contributed by atoms with Crippen LogP contribution in [0.5, 0.6) is 5.75 Å². The molecule has 0 aromatic heterocycles. The Kier molecular flexibility index (Phi) is 9.44. The number of hydrogen-bond acceptors (Lipinski definition) is 6. The van der Waals surface area contributed by atoms with E-state index in [2.05, 4.69) is 10.2 Å². The van der Waals surface area contributed by atoms with Gasteiger partial charge in [-0.2, -0.15) is 0 Å². The minimum absolute atomic E-state index is 0.136. The smallest absolute Gasteiger partial charge is 0.407 e. The first-order valence-electron chi connectivity index (χ1n) is 13.6. The summed E-state index contributed by atoms with van der Waals surface area (Å²) < 4.78 is 11.2. The van der Waals surface area contributed by atoms with Gasteiger partial charge in [0.15, 0.2) is 0 Å². The van der Waals surface area contributed by atoms with Gasteiger partial charge in [-0.15, -0.1) is 0 Å². The second-order valence-electron chi connectivity index (χ2n) is 12.2. The van der Waals surface area contributed by atoms with Crippen molar-refractivity contribution in [1.29, 1.82) is 0 Å². The van der Waals surface area contributed by atoms with Crippen molar-refractivity contribution in [2.45, 2.75) is 96.2 Å². The Morgan fingerprint density at radius 3 is 2.44 bits per heavy atom. The number of alkyl carbamates (subject to hydrolysis) is 1. The molecule has 0 spiro atoms. The normalized spacial score (nSPS) is 24.2. The highest BCUT2D eigenvalue weighted by atomic mass is 16.6. The highest BCUT2D eigenvalue weighted by molar-refractivity contribution is 5.73. The van der Waals surface area contributed by atoms with E-state index in [-0.39, 0.29) is 23.7 Å². The molecule has 202 valence electrons. The largest absolute Gasteiger partial charge is 0.444 e. The van der Waals surface area contributed by atoms with Crippen molar-refractivity contribution >= 4 is 12.1 Å². The molecule has 7 heteroatoms. The topological polar surface area (TPSA) is 88.1 Å². The van der Waals surface area contributed by atoms with Crippen molar-refractivity contribution < 1.29 is 24.2 Å². The van der Waals surface area contributed by atoms with E-state index in [1.165, 1.54) is 0 Å². The maximum atomic E-state index is 13.1. The Hall–Kier alpha value is -2.12. The van der Waals surface area contributed by atoms with Gasteiger partial charge in [0.2, 0.25) is 0 Å².